The number of carbonyl (C=O) groups is 1. The molecule has 0 fully saturated rings. The zero-order valence-electron chi connectivity index (χ0n) is 14.4. The Morgan fingerprint density at radius 3 is 2.88 bits per heavy atom. The van der Waals surface area contributed by atoms with Gasteiger partial charge in [-0.25, -0.2) is 0 Å². The Morgan fingerprint density at radius 1 is 1.35 bits per heavy atom. The first-order valence-corrected chi connectivity index (χ1v) is 8.80. The van der Waals surface area contributed by atoms with Crippen LogP contribution < -0.4 is 10.6 Å². The summed E-state index contributed by atoms with van der Waals surface area (Å²) in [5.74, 6) is -0.0394. The molecule has 0 saturated carbocycles. The van der Waals surface area contributed by atoms with Crippen LogP contribution in [0.1, 0.15) is 10.6 Å². The average molecular weight is 419 g/mol. The summed E-state index contributed by atoms with van der Waals surface area (Å²) in [5, 5.41) is 16.6. The van der Waals surface area contributed by atoms with Crippen molar-refractivity contribution in [2.75, 3.05) is 32.5 Å². The van der Waals surface area contributed by atoms with E-state index in [1.807, 2.05) is 19.0 Å². The highest BCUT2D eigenvalue weighted by Crippen LogP contribution is 2.34. The van der Waals surface area contributed by atoms with Gasteiger partial charge in [0.05, 0.1) is 16.4 Å². The fourth-order valence-corrected chi connectivity index (χ4v) is 2.69. The van der Waals surface area contributed by atoms with Crippen LogP contribution in [-0.4, -0.2) is 48.1 Å². The predicted octanol–water partition coefficient (Wildman–Crippen LogP) is 3.33. The SMILES string of the molecule is CN(C)CCNC(=O)c1oc2cnccc2c1Nc1ccc(Br)c(O)c1. The molecular weight excluding hydrogens is 400 g/mol. The molecule has 2 aromatic heterocycles. The van der Waals surface area contributed by atoms with Crippen LogP contribution in [0.5, 0.6) is 5.75 Å². The van der Waals surface area contributed by atoms with Crippen molar-refractivity contribution >= 4 is 44.2 Å². The number of nitrogens with one attached hydrogen (secondary N) is 2. The number of nitrogens with zero attached hydrogens (tertiary/aromatic N) is 2. The number of furan rings is 1. The maximum absolute atomic E-state index is 12.6. The third-order valence-corrected chi connectivity index (χ3v) is 4.43. The molecule has 0 aliphatic carbocycles. The molecule has 3 N–H and O–H groups in total. The van der Waals surface area contributed by atoms with Gasteiger partial charge in [-0.05, 0) is 48.2 Å². The molecule has 7 nitrogen and oxygen atoms in total. The van der Waals surface area contributed by atoms with Gasteiger partial charge in [-0.2, -0.15) is 0 Å². The Balaban J connectivity index is 1.94. The molecule has 3 rings (SSSR count). The lowest BCUT2D eigenvalue weighted by atomic mass is 10.2. The van der Waals surface area contributed by atoms with E-state index in [0.29, 0.717) is 28.0 Å². The van der Waals surface area contributed by atoms with Crippen LogP contribution in [0.4, 0.5) is 11.4 Å². The van der Waals surface area contributed by atoms with Gasteiger partial charge in [-0.15, -0.1) is 0 Å². The minimum Gasteiger partial charge on any atom is -0.507 e. The van der Waals surface area contributed by atoms with Crippen molar-refractivity contribution in [1.82, 2.24) is 15.2 Å². The fraction of sp³-hybridized carbons (Fsp3) is 0.222. The second-order valence-corrected chi connectivity index (χ2v) is 6.88. The van der Waals surface area contributed by atoms with Crippen molar-refractivity contribution in [1.29, 1.82) is 0 Å². The number of benzene rings is 1. The normalized spacial score (nSPS) is 11.1. The molecule has 26 heavy (non-hydrogen) atoms. The quantitative estimate of drug-likeness (QED) is 0.568. The summed E-state index contributed by atoms with van der Waals surface area (Å²) in [7, 11) is 3.87. The highest BCUT2D eigenvalue weighted by molar-refractivity contribution is 9.10. The number of pyridine rings is 1. The van der Waals surface area contributed by atoms with E-state index in [4.69, 9.17) is 4.42 Å². The Bertz CT molecular complexity index is 939. The zero-order valence-corrected chi connectivity index (χ0v) is 16.0. The molecule has 136 valence electrons. The first-order chi connectivity index (χ1) is 12.5. The zero-order chi connectivity index (χ0) is 18.7. The van der Waals surface area contributed by atoms with Crippen LogP contribution in [0.25, 0.3) is 11.0 Å². The van der Waals surface area contributed by atoms with Gasteiger partial charge in [0.25, 0.3) is 5.91 Å². The number of hydrogen-bond acceptors (Lipinski definition) is 6. The molecule has 0 saturated heterocycles. The van der Waals surface area contributed by atoms with Gasteiger partial charge in [-0.1, -0.05) is 0 Å². The number of carbonyl (C=O) groups excluding carboxylic acids is 1. The third-order valence-electron chi connectivity index (χ3n) is 3.76. The smallest absolute Gasteiger partial charge is 0.289 e. The minimum absolute atomic E-state index is 0.0986. The molecule has 0 unspecified atom stereocenters. The van der Waals surface area contributed by atoms with Crippen molar-refractivity contribution in [2.24, 2.45) is 0 Å². The van der Waals surface area contributed by atoms with Gasteiger partial charge in [-0.3, -0.25) is 9.78 Å². The summed E-state index contributed by atoms with van der Waals surface area (Å²) in [5.41, 5.74) is 1.67. The van der Waals surface area contributed by atoms with E-state index >= 15 is 0 Å². The summed E-state index contributed by atoms with van der Waals surface area (Å²) in [4.78, 5) is 18.6. The Kier molecular flexibility index (Phi) is 5.43. The minimum atomic E-state index is -0.313. The molecule has 0 radical (unpaired) electrons. The molecule has 0 aliphatic heterocycles. The first-order valence-electron chi connectivity index (χ1n) is 8.00. The molecule has 3 aromatic rings. The van der Waals surface area contributed by atoms with Crippen LogP contribution in [-0.2, 0) is 0 Å². The largest absolute Gasteiger partial charge is 0.507 e. The van der Waals surface area contributed by atoms with E-state index in [2.05, 4.69) is 31.5 Å². The number of aromatic hydroxyl groups is 1. The van der Waals surface area contributed by atoms with Crippen molar-refractivity contribution in [3.05, 3.63) is 46.9 Å². The van der Waals surface area contributed by atoms with Crippen molar-refractivity contribution in [2.45, 2.75) is 0 Å². The van der Waals surface area contributed by atoms with Crippen LogP contribution in [0, 0.1) is 0 Å². The molecular formula is C18H19BrN4O3. The average Bonchev–Trinajstić information content (AvgIpc) is 2.96. The van der Waals surface area contributed by atoms with Crippen LogP contribution in [0.2, 0.25) is 0 Å². The Labute approximate surface area is 159 Å². The maximum atomic E-state index is 12.6. The summed E-state index contributed by atoms with van der Waals surface area (Å²) in [6.45, 7) is 1.22. The number of halogens is 1. The van der Waals surface area contributed by atoms with E-state index in [-0.39, 0.29) is 17.4 Å². The molecule has 0 bridgehead atoms. The lowest BCUT2D eigenvalue weighted by Crippen LogP contribution is -2.31. The first kappa shape index (κ1) is 18.2. The number of fused-ring (bicyclic) bond motifs is 1. The van der Waals surface area contributed by atoms with E-state index in [1.165, 1.54) is 0 Å². The molecule has 0 spiro atoms. The number of aromatic nitrogens is 1. The topological polar surface area (TPSA) is 90.6 Å². The van der Waals surface area contributed by atoms with Gasteiger partial charge in [0.1, 0.15) is 5.75 Å². The Morgan fingerprint density at radius 2 is 2.15 bits per heavy atom. The molecule has 8 heteroatoms. The second kappa shape index (κ2) is 7.76. The van der Waals surface area contributed by atoms with E-state index in [9.17, 15) is 9.90 Å². The molecule has 2 heterocycles. The van der Waals surface area contributed by atoms with Crippen molar-refractivity contribution < 1.29 is 14.3 Å². The van der Waals surface area contributed by atoms with Gasteiger partial charge in [0.2, 0.25) is 5.76 Å². The Hall–Kier alpha value is -2.58. The van der Waals surface area contributed by atoms with Gasteiger partial charge in [0, 0.05) is 36.4 Å². The molecule has 0 atom stereocenters. The lowest BCUT2D eigenvalue weighted by Gasteiger charge is -2.11. The molecule has 1 amide bonds. The maximum Gasteiger partial charge on any atom is 0.289 e. The summed E-state index contributed by atoms with van der Waals surface area (Å²) >= 11 is 3.25. The van der Waals surface area contributed by atoms with Gasteiger partial charge >= 0.3 is 0 Å². The number of phenols is 1. The summed E-state index contributed by atoms with van der Waals surface area (Å²) in [6.07, 6.45) is 3.20. The van der Waals surface area contributed by atoms with Crippen LogP contribution in [0.3, 0.4) is 0 Å². The summed E-state index contributed by atoms with van der Waals surface area (Å²) < 4.78 is 6.31. The van der Waals surface area contributed by atoms with Crippen LogP contribution >= 0.6 is 15.9 Å². The fourth-order valence-electron chi connectivity index (χ4n) is 2.44. The third kappa shape index (κ3) is 3.97. The van der Waals surface area contributed by atoms with Crippen molar-refractivity contribution in [3.8, 4) is 5.75 Å². The van der Waals surface area contributed by atoms with Gasteiger partial charge < -0.3 is 25.1 Å². The second-order valence-electron chi connectivity index (χ2n) is 6.03. The van der Waals surface area contributed by atoms with Crippen LogP contribution in [0.15, 0.2) is 45.5 Å². The number of anilines is 2. The monoisotopic (exact) mass is 418 g/mol. The number of rotatable bonds is 6. The molecule has 1 aromatic carbocycles. The van der Waals surface area contributed by atoms with Gasteiger partial charge in [0.15, 0.2) is 5.58 Å². The van der Waals surface area contributed by atoms with E-state index in [0.717, 1.165) is 11.9 Å². The van der Waals surface area contributed by atoms with Crippen molar-refractivity contribution in [3.63, 3.8) is 0 Å². The van der Waals surface area contributed by atoms with E-state index < -0.39 is 0 Å². The number of hydrogen-bond donors (Lipinski definition) is 3. The number of amides is 1. The standard InChI is InChI=1S/C18H19BrN4O3/c1-23(2)8-7-21-18(25)17-16(12-5-6-20-10-15(12)26-17)22-11-3-4-13(19)14(24)9-11/h3-6,9-10,22,24H,7-8H2,1-2H3,(H,21,25). The summed E-state index contributed by atoms with van der Waals surface area (Å²) in [6, 6.07) is 6.85. The highest BCUT2D eigenvalue weighted by atomic mass is 79.9. The number of phenolic OH excluding ortho intramolecular Hbond substituents is 1. The lowest BCUT2D eigenvalue weighted by molar-refractivity contribution is 0.0926. The predicted molar refractivity (Wildman–Crippen MR) is 104 cm³/mol. The highest BCUT2D eigenvalue weighted by Gasteiger charge is 2.21. The number of likely N-dealkylation sites (N-methyl/N-ethyl adjacent to an activating group) is 1. The molecule has 0 aliphatic rings. The van der Waals surface area contributed by atoms with E-state index in [1.54, 1.807) is 36.7 Å².